The third kappa shape index (κ3) is 6.31. The third-order valence-corrected chi connectivity index (χ3v) is 7.06. The molecule has 1 saturated heterocycles. The lowest BCUT2D eigenvalue weighted by Crippen LogP contribution is -2.48. The fourth-order valence-electron chi connectivity index (χ4n) is 5.11. The van der Waals surface area contributed by atoms with E-state index in [1.54, 1.807) is 6.07 Å². The summed E-state index contributed by atoms with van der Waals surface area (Å²) in [6.45, 7) is 5.29. The van der Waals surface area contributed by atoms with Gasteiger partial charge in [0.2, 0.25) is 0 Å². The molecule has 1 aliphatic rings. The van der Waals surface area contributed by atoms with E-state index >= 15 is 0 Å². The van der Waals surface area contributed by atoms with E-state index in [2.05, 4.69) is 75.6 Å². The van der Waals surface area contributed by atoms with Crippen LogP contribution in [0.1, 0.15) is 35.8 Å². The van der Waals surface area contributed by atoms with E-state index in [-0.39, 0.29) is 11.7 Å². The second-order valence-electron chi connectivity index (χ2n) is 9.54. The van der Waals surface area contributed by atoms with Gasteiger partial charge in [-0.1, -0.05) is 78.0 Å². The van der Waals surface area contributed by atoms with E-state index in [0.29, 0.717) is 11.3 Å². The molecule has 0 N–H and O–H groups in total. The lowest BCUT2D eigenvalue weighted by molar-refractivity contribution is -0.384. The molecule has 190 valence electrons. The fourth-order valence-corrected chi connectivity index (χ4v) is 5.11. The van der Waals surface area contributed by atoms with Gasteiger partial charge in [-0.15, -0.1) is 0 Å². The Morgan fingerprint density at radius 1 is 0.838 bits per heavy atom. The highest BCUT2D eigenvalue weighted by molar-refractivity contribution is 5.62. The minimum Gasteiger partial charge on any atom is -0.361 e. The number of aromatic nitrogens is 1. The zero-order valence-corrected chi connectivity index (χ0v) is 20.9. The average Bonchev–Trinajstić information content (AvgIpc) is 3.42. The molecule has 7 nitrogen and oxygen atoms in total. The highest BCUT2D eigenvalue weighted by Gasteiger charge is 2.26. The van der Waals surface area contributed by atoms with Crippen LogP contribution in [-0.4, -0.2) is 52.6 Å². The number of unbranched alkanes of at least 4 members (excludes halogenated alkanes) is 1. The number of aryl methyl sites for hydroxylation is 1. The monoisotopic (exact) mass is 496 g/mol. The quantitative estimate of drug-likeness (QED) is 0.153. The Morgan fingerprint density at radius 3 is 2.16 bits per heavy atom. The first kappa shape index (κ1) is 24.9. The van der Waals surface area contributed by atoms with Crippen molar-refractivity contribution in [3.8, 4) is 11.3 Å². The van der Waals surface area contributed by atoms with Crippen LogP contribution in [0.4, 0.5) is 5.69 Å². The average molecular weight is 497 g/mol. The van der Waals surface area contributed by atoms with Gasteiger partial charge in [-0.25, -0.2) is 0 Å². The summed E-state index contributed by atoms with van der Waals surface area (Å²) in [7, 11) is 0. The van der Waals surface area contributed by atoms with Gasteiger partial charge >= 0.3 is 0 Å². The van der Waals surface area contributed by atoms with Crippen molar-refractivity contribution >= 4 is 5.69 Å². The molecular formula is C30H32N4O3. The molecule has 37 heavy (non-hydrogen) atoms. The predicted octanol–water partition coefficient (Wildman–Crippen LogP) is 5.98. The Labute approximate surface area is 217 Å². The molecule has 0 aliphatic carbocycles. The zero-order chi connectivity index (χ0) is 25.5. The van der Waals surface area contributed by atoms with E-state index in [4.69, 9.17) is 4.52 Å². The molecule has 0 amide bonds. The number of non-ortho nitro benzene ring substituents is 1. The fraction of sp³-hybridized carbons (Fsp3) is 0.300. The molecule has 3 aromatic carbocycles. The minimum absolute atomic E-state index is 0.0565. The first-order valence-electron chi connectivity index (χ1n) is 12.9. The molecule has 1 aliphatic heterocycles. The van der Waals surface area contributed by atoms with Crippen LogP contribution in [0.2, 0.25) is 0 Å². The number of nitro groups is 1. The summed E-state index contributed by atoms with van der Waals surface area (Å²) in [6, 6.07) is 30.3. The topological polar surface area (TPSA) is 75.7 Å². The molecule has 0 unspecified atom stereocenters. The number of nitrogens with zero attached hydrogens (tertiary/aromatic N) is 4. The van der Waals surface area contributed by atoms with Crippen LogP contribution in [0.5, 0.6) is 0 Å². The van der Waals surface area contributed by atoms with Crippen molar-refractivity contribution in [2.24, 2.45) is 0 Å². The van der Waals surface area contributed by atoms with E-state index in [0.717, 1.165) is 57.7 Å². The van der Waals surface area contributed by atoms with E-state index in [1.165, 1.54) is 23.3 Å². The second kappa shape index (κ2) is 12.0. The summed E-state index contributed by atoms with van der Waals surface area (Å²) < 4.78 is 5.50. The normalized spacial score (nSPS) is 14.7. The number of hydrogen-bond acceptors (Lipinski definition) is 6. The van der Waals surface area contributed by atoms with Crippen molar-refractivity contribution in [1.29, 1.82) is 0 Å². The maximum absolute atomic E-state index is 11.0. The van der Waals surface area contributed by atoms with Crippen molar-refractivity contribution in [3.05, 3.63) is 118 Å². The molecule has 0 spiro atoms. The molecule has 4 aromatic rings. The predicted molar refractivity (Wildman–Crippen MR) is 144 cm³/mol. The van der Waals surface area contributed by atoms with Gasteiger partial charge in [0.05, 0.1) is 11.0 Å². The van der Waals surface area contributed by atoms with Crippen molar-refractivity contribution in [2.45, 2.75) is 25.3 Å². The minimum atomic E-state index is -0.395. The number of rotatable bonds is 10. The highest BCUT2D eigenvalue weighted by Crippen LogP contribution is 2.29. The number of nitro benzene ring substituents is 1. The lowest BCUT2D eigenvalue weighted by Gasteiger charge is -2.39. The van der Waals surface area contributed by atoms with Crippen LogP contribution in [0.3, 0.4) is 0 Å². The summed E-state index contributed by atoms with van der Waals surface area (Å²) in [4.78, 5) is 15.8. The van der Waals surface area contributed by atoms with E-state index in [9.17, 15) is 10.1 Å². The standard InChI is InChI=1S/C30H32N4O3/c35-34(36)27-15-9-14-26(22-27)29-23-28(37-31-29)16-7-8-17-32-18-20-33(21-19-32)30(24-10-3-1-4-11-24)25-12-5-2-6-13-25/h1-6,9-15,22-23,30H,7-8,16-21H2. The third-order valence-electron chi connectivity index (χ3n) is 7.06. The smallest absolute Gasteiger partial charge is 0.270 e. The Bertz CT molecular complexity index is 1240. The number of piperazine rings is 1. The lowest BCUT2D eigenvalue weighted by atomic mass is 9.96. The van der Waals surface area contributed by atoms with Crippen LogP contribution in [0, 0.1) is 10.1 Å². The Kier molecular flexibility index (Phi) is 8.03. The van der Waals surface area contributed by atoms with Crippen molar-refractivity contribution < 1.29 is 9.45 Å². The molecular weight excluding hydrogens is 464 g/mol. The second-order valence-corrected chi connectivity index (χ2v) is 9.54. The molecule has 7 heteroatoms. The highest BCUT2D eigenvalue weighted by atomic mass is 16.6. The molecule has 0 atom stereocenters. The van der Waals surface area contributed by atoms with Crippen molar-refractivity contribution in [1.82, 2.24) is 15.0 Å². The number of benzene rings is 3. The summed E-state index contributed by atoms with van der Waals surface area (Å²) in [5.41, 5.74) is 4.09. The zero-order valence-electron chi connectivity index (χ0n) is 20.9. The van der Waals surface area contributed by atoms with Gasteiger partial charge in [-0.2, -0.15) is 0 Å². The van der Waals surface area contributed by atoms with Crippen molar-refractivity contribution in [2.75, 3.05) is 32.7 Å². The molecule has 0 radical (unpaired) electrons. The summed E-state index contributed by atoms with van der Waals surface area (Å²) >= 11 is 0. The Morgan fingerprint density at radius 2 is 1.51 bits per heavy atom. The van der Waals surface area contributed by atoms with Gasteiger partial charge in [0.1, 0.15) is 11.5 Å². The molecule has 2 heterocycles. The summed E-state index contributed by atoms with van der Waals surface area (Å²) in [5.74, 6) is 0.819. The maximum atomic E-state index is 11.0. The molecule has 1 fully saturated rings. The maximum Gasteiger partial charge on any atom is 0.270 e. The van der Waals surface area contributed by atoms with Gasteiger partial charge in [0.15, 0.2) is 0 Å². The van der Waals surface area contributed by atoms with Gasteiger partial charge < -0.3 is 9.42 Å². The van der Waals surface area contributed by atoms with E-state index < -0.39 is 4.92 Å². The largest absolute Gasteiger partial charge is 0.361 e. The van der Waals surface area contributed by atoms with Gasteiger partial charge in [0, 0.05) is 56.4 Å². The van der Waals surface area contributed by atoms with E-state index in [1.807, 2.05) is 12.1 Å². The summed E-state index contributed by atoms with van der Waals surface area (Å²) in [6.07, 6.45) is 2.92. The van der Waals surface area contributed by atoms with Crippen LogP contribution in [-0.2, 0) is 6.42 Å². The van der Waals surface area contributed by atoms with Crippen molar-refractivity contribution in [3.63, 3.8) is 0 Å². The number of hydrogen-bond donors (Lipinski definition) is 0. The molecule has 0 saturated carbocycles. The molecule has 0 bridgehead atoms. The van der Waals surface area contributed by atoms with Crippen LogP contribution in [0.25, 0.3) is 11.3 Å². The molecule has 1 aromatic heterocycles. The van der Waals surface area contributed by atoms with Crippen LogP contribution in [0.15, 0.2) is 95.5 Å². The first-order valence-corrected chi connectivity index (χ1v) is 12.9. The van der Waals surface area contributed by atoms with Gasteiger partial charge in [-0.05, 0) is 30.5 Å². The Hall–Kier alpha value is -3.81. The SMILES string of the molecule is O=[N+]([O-])c1cccc(-c2cc(CCCCN3CCN(C(c4ccccc4)c4ccccc4)CC3)on2)c1. The van der Waals surface area contributed by atoms with Crippen LogP contribution >= 0.6 is 0 Å². The summed E-state index contributed by atoms with van der Waals surface area (Å²) in [5, 5.41) is 15.1. The first-order chi connectivity index (χ1) is 18.2. The van der Waals surface area contributed by atoms with Gasteiger partial charge in [0.25, 0.3) is 5.69 Å². The molecule has 5 rings (SSSR count). The van der Waals surface area contributed by atoms with Gasteiger partial charge in [-0.3, -0.25) is 15.0 Å². The van der Waals surface area contributed by atoms with Crippen LogP contribution < -0.4 is 0 Å². The Balaban J connectivity index is 1.10.